The van der Waals surface area contributed by atoms with E-state index in [0.717, 1.165) is 102 Å². The molecular formula is C72H140O17P2. The summed E-state index contributed by atoms with van der Waals surface area (Å²) in [6, 6.07) is 0. The van der Waals surface area contributed by atoms with Crippen LogP contribution in [0, 0.1) is 11.8 Å². The van der Waals surface area contributed by atoms with E-state index >= 15 is 0 Å². The number of esters is 4. The van der Waals surface area contributed by atoms with Gasteiger partial charge in [0.2, 0.25) is 0 Å². The lowest BCUT2D eigenvalue weighted by atomic mass is 10.0. The average molecular weight is 1340 g/mol. The summed E-state index contributed by atoms with van der Waals surface area (Å²) >= 11 is 0. The average Bonchev–Trinajstić information content (AvgIpc) is 3.71. The number of carbonyl (C=O) groups is 4. The highest BCUT2D eigenvalue weighted by atomic mass is 31.2. The van der Waals surface area contributed by atoms with Crippen molar-refractivity contribution in [3.8, 4) is 0 Å². The zero-order valence-electron chi connectivity index (χ0n) is 59.1. The van der Waals surface area contributed by atoms with E-state index in [1.54, 1.807) is 0 Å². The number of phosphoric ester groups is 2. The van der Waals surface area contributed by atoms with E-state index in [9.17, 15) is 43.2 Å². The van der Waals surface area contributed by atoms with E-state index in [-0.39, 0.29) is 25.7 Å². The Kier molecular flexibility index (Phi) is 62.7. The number of ether oxygens (including phenoxy) is 4. The Morgan fingerprint density at radius 1 is 0.297 bits per heavy atom. The molecule has 0 aliphatic rings. The maximum atomic E-state index is 13.0. The van der Waals surface area contributed by atoms with Crippen LogP contribution in [0.25, 0.3) is 0 Å². The van der Waals surface area contributed by atoms with Crippen LogP contribution in [0.4, 0.5) is 0 Å². The zero-order chi connectivity index (χ0) is 67.2. The predicted octanol–water partition coefficient (Wildman–Crippen LogP) is 20.8. The summed E-state index contributed by atoms with van der Waals surface area (Å²) in [5, 5.41) is 10.6. The van der Waals surface area contributed by atoms with Crippen molar-refractivity contribution in [3.05, 3.63) is 0 Å². The van der Waals surface area contributed by atoms with Crippen molar-refractivity contribution in [2.75, 3.05) is 39.6 Å². The first-order valence-electron chi connectivity index (χ1n) is 37.5. The minimum absolute atomic E-state index is 0.106. The number of carbonyl (C=O) groups excluding carboxylic acids is 4. The van der Waals surface area contributed by atoms with Gasteiger partial charge >= 0.3 is 39.5 Å². The van der Waals surface area contributed by atoms with Gasteiger partial charge in [-0.25, -0.2) is 9.13 Å². The van der Waals surface area contributed by atoms with Gasteiger partial charge in [-0.05, 0) is 37.5 Å². The Morgan fingerprint density at radius 2 is 0.505 bits per heavy atom. The summed E-state index contributed by atoms with van der Waals surface area (Å²) in [5.74, 6) is -0.539. The Hall–Kier alpha value is -1.94. The summed E-state index contributed by atoms with van der Waals surface area (Å²) < 4.78 is 68.3. The molecule has 0 radical (unpaired) electrons. The fourth-order valence-corrected chi connectivity index (χ4v) is 12.5. The molecule has 3 N–H and O–H groups in total. The number of hydrogen-bond donors (Lipinski definition) is 3. The molecule has 0 heterocycles. The van der Waals surface area contributed by atoms with Gasteiger partial charge in [-0.3, -0.25) is 37.3 Å². The second-order valence-corrected chi connectivity index (χ2v) is 29.8. The highest BCUT2D eigenvalue weighted by molar-refractivity contribution is 7.47. The SMILES string of the molecule is CCCCCCCCCCCC(=O)OC[C@H](COP(=O)(O)OC[C@H](O)COP(=O)(O)OC[C@@H](COC(=O)CCCCCCCCCCCCCCC(C)C)OC(=O)CCCCCCCCCCCCCCCCCC(C)C)OC(=O)CCCCCCCCCCC. The van der Waals surface area contributed by atoms with Crippen molar-refractivity contribution in [1.82, 2.24) is 0 Å². The number of rotatable bonds is 71. The van der Waals surface area contributed by atoms with Crippen molar-refractivity contribution in [1.29, 1.82) is 0 Å². The second-order valence-electron chi connectivity index (χ2n) is 26.9. The summed E-state index contributed by atoms with van der Waals surface area (Å²) in [6.07, 6.45) is 49.9. The molecule has 0 aromatic carbocycles. The highest BCUT2D eigenvalue weighted by Gasteiger charge is 2.30. The maximum absolute atomic E-state index is 13.0. The molecule has 0 spiro atoms. The molecule has 91 heavy (non-hydrogen) atoms. The van der Waals surface area contributed by atoms with Gasteiger partial charge in [-0.15, -0.1) is 0 Å². The molecule has 540 valence electrons. The van der Waals surface area contributed by atoms with Crippen molar-refractivity contribution in [3.63, 3.8) is 0 Å². The summed E-state index contributed by atoms with van der Waals surface area (Å²) in [5.41, 5.74) is 0. The van der Waals surface area contributed by atoms with Gasteiger partial charge in [0.25, 0.3) is 0 Å². The van der Waals surface area contributed by atoms with Crippen LogP contribution < -0.4 is 0 Å². The van der Waals surface area contributed by atoms with E-state index in [4.69, 9.17) is 37.0 Å². The predicted molar refractivity (Wildman–Crippen MR) is 368 cm³/mol. The van der Waals surface area contributed by atoms with E-state index < -0.39 is 97.5 Å². The summed E-state index contributed by atoms with van der Waals surface area (Å²) in [4.78, 5) is 72.5. The van der Waals surface area contributed by atoms with Crippen molar-refractivity contribution >= 4 is 39.5 Å². The molecule has 2 unspecified atom stereocenters. The summed E-state index contributed by atoms with van der Waals surface area (Å²) in [7, 11) is -9.90. The minimum Gasteiger partial charge on any atom is -0.462 e. The molecule has 0 fully saturated rings. The van der Waals surface area contributed by atoms with Gasteiger partial charge in [0.05, 0.1) is 26.4 Å². The topological polar surface area (TPSA) is 237 Å². The second kappa shape index (κ2) is 64.1. The first-order valence-corrected chi connectivity index (χ1v) is 40.5. The van der Waals surface area contributed by atoms with Gasteiger partial charge in [0.1, 0.15) is 19.3 Å². The zero-order valence-corrected chi connectivity index (χ0v) is 60.9. The van der Waals surface area contributed by atoms with Crippen molar-refractivity contribution in [2.45, 2.75) is 387 Å². The monoisotopic (exact) mass is 1340 g/mol. The van der Waals surface area contributed by atoms with Crippen molar-refractivity contribution < 1.29 is 80.2 Å². The largest absolute Gasteiger partial charge is 0.472 e. The molecule has 0 bridgehead atoms. The maximum Gasteiger partial charge on any atom is 0.472 e. The van der Waals surface area contributed by atoms with Gasteiger partial charge in [0.15, 0.2) is 12.2 Å². The third kappa shape index (κ3) is 66.5. The molecule has 0 saturated heterocycles. The molecule has 5 atom stereocenters. The quantitative estimate of drug-likeness (QED) is 0.0222. The third-order valence-electron chi connectivity index (χ3n) is 16.7. The number of aliphatic hydroxyl groups excluding tert-OH is 1. The normalized spacial score (nSPS) is 14.1. The Balaban J connectivity index is 5.20. The van der Waals surface area contributed by atoms with Crippen LogP contribution in [0.5, 0.6) is 0 Å². The number of hydrogen-bond acceptors (Lipinski definition) is 15. The molecule has 0 saturated carbocycles. The van der Waals surface area contributed by atoms with Crippen LogP contribution in [0.15, 0.2) is 0 Å². The Morgan fingerprint density at radius 3 is 0.747 bits per heavy atom. The van der Waals surface area contributed by atoms with Gasteiger partial charge in [-0.1, -0.05) is 318 Å². The lowest BCUT2D eigenvalue weighted by Gasteiger charge is -2.21. The first-order chi connectivity index (χ1) is 43.9. The van der Waals surface area contributed by atoms with E-state index in [2.05, 4.69) is 41.5 Å². The van der Waals surface area contributed by atoms with Crippen LogP contribution in [-0.4, -0.2) is 96.7 Å². The third-order valence-corrected chi connectivity index (χ3v) is 18.6. The molecule has 19 heteroatoms. The number of unbranched alkanes of at least 4 members (excludes halogenated alkanes) is 41. The Bertz CT molecular complexity index is 1770. The fourth-order valence-electron chi connectivity index (χ4n) is 10.9. The first kappa shape index (κ1) is 89.1. The fraction of sp³-hybridized carbons (Fsp3) is 0.944. The molecule has 0 amide bonds. The Labute approximate surface area is 556 Å². The van der Waals surface area contributed by atoms with Gasteiger partial charge in [0, 0.05) is 25.7 Å². The lowest BCUT2D eigenvalue weighted by Crippen LogP contribution is -2.30. The number of phosphoric acid groups is 2. The lowest BCUT2D eigenvalue weighted by molar-refractivity contribution is -0.161. The van der Waals surface area contributed by atoms with Gasteiger partial charge < -0.3 is 33.8 Å². The van der Waals surface area contributed by atoms with Crippen LogP contribution >= 0.6 is 15.6 Å². The van der Waals surface area contributed by atoms with Crippen LogP contribution in [0.2, 0.25) is 0 Å². The molecule has 0 rings (SSSR count). The smallest absolute Gasteiger partial charge is 0.462 e. The summed E-state index contributed by atoms with van der Waals surface area (Å²) in [6.45, 7) is 9.57. The molecule has 17 nitrogen and oxygen atoms in total. The van der Waals surface area contributed by atoms with E-state index in [0.29, 0.717) is 25.7 Å². The molecule has 0 aliphatic carbocycles. The molecule has 0 aromatic heterocycles. The van der Waals surface area contributed by atoms with Crippen LogP contribution in [0.1, 0.15) is 369 Å². The molecule has 0 aliphatic heterocycles. The van der Waals surface area contributed by atoms with Crippen molar-refractivity contribution in [2.24, 2.45) is 11.8 Å². The number of aliphatic hydroxyl groups is 1. The van der Waals surface area contributed by atoms with Crippen LogP contribution in [-0.2, 0) is 65.4 Å². The molecule has 0 aromatic rings. The standard InChI is InChI=1S/C72H140O17P2/c1-7-9-11-13-15-28-36-42-48-54-69(74)82-60-67(88-71(76)56-50-44-38-29-16-14-12-10-8-2)62-86-90(78,79)84-58-66(73)59-85-91(80,81)87-63-68(61-83-70(75)55-49-43-37-32-26-23-22-25-31-35-41-47-53-65(5)6)89-72(77)57-51-45-39-33-27-21-19-17-18-20-24-30-34-40-46-52-64(3)4/h64-68,73H,7-63H2,1-6H3,(H,78,79)(H,80,81)/t66-,67+,68+/m0/s1. The van der Waals surface area contributed by atoms with Gasteiger partial charge in [-0.2, -0.15) is 0 Å². The molecular weight excluding hydrogens is 1200 g/mol. The van der Waals surface area contributed by atoms with E-state index in [1.807, 2.05) is 0 Å². The minimum atomic E-state index is -4.95. The highest BCUT2D eigenvalue weighted by Crippen LogP contribution is 2.45. The van der Waals surface area contributed by atoms with E-state index in [1.165, 1.54) is 186 Å². The van der Waals surface area contributed by atoms with Crippen LogP contribution in [0.3, 0.4) is 0 Å².